The Kier molecular flexibility index (Phi) is 16.6. The van der Waals surface area contributed by atoms with Crippen molar-refractivity contribution in [2.24, 2.45) is 0 Å². The van der Waals surface area contributed by atoms with Crippen LogP contribution in [0.2, 0.25) is 0 Å². The molecule has 0 spiro atoms. The van der Waals surface area contributed by atoms with Gasteiger partial charge in [0.05, 0.1) is 7.14 Å². The first-order chi connectivity index (χ1) is 12.6. The molecule has 4 aromatic rings. The molecule has 138 valence electrons. The minimum Gasteiger partial charge on any atom is -0.507 e. The van der Waals surface area contributed by atoms with E-state index in [1.54, 1.807) is 24.3 Å². The van der Waals surface area contributed by atoms with E-state index in [1.807, 2.05) is 84.9 Å². The van der Waals surface area contributed by atoms with Crippen molar-refractivity contribution in [3.63, 3.8) is 0 Å². The molecule has 2 N–H and O–H groups in total. The summed E-state index contributed by atoms with van der Waals surface area (Å²) in [5.74, 6) is 0.709. The first kappa shape index (κ1) is 26.1. The minimum absolute atomic E-state index is 0. The molecule has 5 heteroatoms. The maximum absolute atomic E-state index is 8.91. The number of halogens is 2. The molecule has 4 rings (SSSR count). The van der Waals surface area contributed by atoms with Crippen LogP contribution in [0.5, 0.6) is 11.5 Å². The van der Waals surface area contributed by atoms with Gasteiger partial charge >= 0.3 is 26.2 Å². The van der Waals surface area contributed by atoms with Crippen molar-refractivity contribution in [3.8, 4) is 11.5 Å². The number of para-hydroxylation sites is 2. The molecule has 0 saturated carbocycles. The van der Waals surface area contributed by atoms with Gasteiger partial charge in [-0.3, -0.25) is 0 Å². The summed E-state index contributed by atoms with van der Waals surface area (Å²) in [4.78, 5) is 0. The molecule has 0 aliphatic heterocycles. The van der Waals surface area contributed by atoms with E-state index in [2.05, 4.69) is 45.2 Å². The van der Waals surface area contributed by atoms with Crippen LogP contribution in [-0.4, -0.2) is 10.2 Å². The summed E-state index contributed by atoms with van der Waals surface area (Å²) in [6.07, 6.45) is 0. The van der Waals surface area contributed by atoms with Gasteiger partial charge in [-0.05, 0) is 69.4 Å². The third kappa shape index (κ3) is 13.8. The molecule has 0 saturated heterocycles. The van der Waals surface area contributed by atoms with E-state index >= 15 is 0 Å². The van der Waals surface area contributed by atoms with E-state index in [4.69, 9.17) is 10.2 Å². The van der Waals surface area contributed by atoms with Gasteiger partial charge in [-0.25, -0.2) is 24.3 Å². The van der Waals surface area contributed by atoms with E-state index < -0.39 is 0 Å². The van der Waals surface area contributed by atoms with Gasteiger partial charge in [-0.1, -0.05) is 24.3 Å². The molecule has 0 fully saturated rings. The van der Waals surface area contributed by atoms with E-state index in [0.717, 1.165) is 7.14 Å². The predicted molar refractivity (Wildman–Crippen MR) is 126 cm³/mol. The fourth-order valence-electron chi connectivity index (χ4n) is 1.54. The van der Waals surface area contributed by atoms with Gasteiger partial charge in [0, 0.05) is 0 Å². The Hall–Kier alpha value is -0.917. The second-order valence-electron chi connectivity index (χ2n) is 4.83. The van der Waals surface area contributed by atoms with Gasteiger partial charge in [0.25, 0.3) is 0 Å². The Bertz CT molecular complexity index is 655. The van der Waals surface area contributed by atoms with Crippen LogP contribution >= 0.6 is 45.2 Å². The summed E-state index contributed by atoms with van der Waals surface area (Å²) >= 11 is 4.15. The summed E-state index contributed by atoms with van der Waals surface area (Å²) in [5.41, 5.74) is 0. The second kappa shape index (κ2) is 17.2. The van der Waals surface area contributed by atoms with E-state index in [9.17, 15) is 0 Å². The SMILES string of the molecule is Oc1ccccc1I.Oc1ccccc1I.[Zr+2].c1cc[cH-]c1.c1cc[cH-]c1. The van der Waals surface area contributed by atoms with Crippen molar-refractivity contribution < 1.29 is 36.4 Å². The molecule has 0 unspecified atom stereocenters. The molecule has 2 nitrogen and oxygen atoms in total. The summed E-state index contributed by atoms with van der Waals surface area (Å²) in [7, 11) is 0. The number of benzene rings is 2. The van der Waals surface area contributed by atoms with Gasteiger partial charge in [0.1, 0.15) is 11.5 Å². The molecule has 27 heavy (non-hydrogen) atoms. The van der Waals surface area contributed by atoms with Crippen LogP contribution in [-0.2, 0) is 26.2 Å². The Labute approximate surface area is 207 Å². The summed E-state index contributed by atoms with van der Waals surface area (Å²) < 4.78 is 1.79. The monoisotopic (exact) mass is 660 g/mol. The van der Waals surface area contributed by atoms with Crippen LogP contribution < -0.4 is 0 Å². The van der Waals surface area contributed by atoms with Crippen LogP contribution in [0, 0.1) is 7.14 Å². The van der Waals surface area contributed by atoms with Crippen molar-refractivity contribution in [2.75, 3.05) is 0 Å². The molecule has 0 aromatic heterocycles. The first-order valence-electron chi connectivity index (χ1n) is 7.81. The van der Waals surface area contributed by atoms with E-state index in [0.29, 0.717) is 11.5 Å². The minimum atomic E-state index is 0. The van der Waals surface area contributed by atoms with Gasteiger partial charge in [0.15, 0.2) is 0 Å². The fraction of sp³-hybridized carbons (Fsp3) is 0. The fourth-order valence-corrected chi connectivity index (χ4v) is 2.32. The van der Waals surface area contributed by atoms with Crippen molar-refractivity contribution in [2.45, 2.75) is 0 Å². The van der Waals surface area contributed by atoms with E-state index in [1.165, 1.54) is 0 Å². The van der Waals surface area contributed by atoms with Crippen LogP contribution in [0.3, 0.4) is 0 Å². The van der Waals surface area contributed by atoms with Crippen molar-refractivity contribution in [1.29, 1.82) is 0 Å². The number of aromatic hydroxyl groups is 2. The summed E-state index contributed by atoms with van der Waals surface area (Å²) in [6.45, 7) is 0. The number of hydrogen-bond donors (Lipinski definition) is 2. The number of rotatable bonds is 0. The maximum atomic E-state index is 8.91. The summed E-state index contributed by atoms with van der Waals surface area (Å²) in [6, 6.07) is 34.4. The zero-order chi connectivity index (χ0) is 19.0. The molecule has 0 atom stereocenters. The Morgan fingerprint density at radius 3 is 0.963 bits per heavy atom. The smallest absolute Gasteiger partial charge is 0.507 e. The average Bonchev–Trinajstić information content (AvgIpc) is 3.39. The van der Waals surface area contributed by atoms with Gasteiger partial charge in [-0.15, -0.1) is 0 Å². The third-order valence-corrected chi connectivity index (χ3v) is 4.64. The zero-order valence-electron chi connectivity index (χ0n) is 14.5. The number of phenolic OH excluding ortho intramolecular Hbond substituents is 2. The van der Waals surface area contributed by atoms with Crippen molar-refractivity contribution in [1.82, 2.24) is 0 Å². The molecule has 4 aromatic carbocycles. The molecule has 0 amide bonds. The normalized spacial score (nSPS) is 8.37. The average molecular weight is 661 g/mol. The first-order valence-corrected chi connectivity index (χ1v) is 9.97. The third-order valence-electron chi connectivity index (χ3n) is 2.82. The molecule has 0 aliphatic carbocycles. The largest absolute Gasteiger partial charge is 2.00 e. The van der Waals surface area contributed by atoms with Crippen LogP contribution in [0.1, 0.15) is 0 Å². The maximum Gasteiger partial charge on any atom is 2.00 e. The van der Waals surface area contributed by atoms with Gasteiger partial charge in [0.2, 0.25) is 0 Å². The molecule has 0 radical (unpaired) electrons. The quantitative estimate of drug-likeness (QED) is 0.161. The standard InChI is InChI=1S/2C6H5IO.2C5H5.Zr/c2*7-5-3-1-2-4-6(5)8;2*1-2-4-5-3-1;/h2*1-4,8H;2*1-5H;/q;;2*-1;+2. The van der Waals surface area contributed by atoms with Crippen LogP contribution in [0.15, 0.2) is 109 Å². The Balaban J connectivity index is 0.000000337. The van der Waals surface area contributed by atoms with Crippen LogP contribution in [0.25, 0.3) is 0 Å². The van der Waals surface area contributed by atoms with Crippen molar-refractivity contribution in [3.05, 3.63) is 116 Å². The van der Waals surface area contributed by atoms with Crippen molar-refractivity contribution >= 4 is 45.2 Å². The van der Waals surface area contributed by atoms with Gasteiger partial charge < -0.3 is 10.2 Å². The topological polar surface area (TPSA) is 40.5 Å². The zero-order valence-corrected chi connectivity index (χ0v) is 21.3. The molecular formula is C22H20I2O2Zr. The summed E-state index contributed by atoms with van der Waals surface area (Å²) in [5, 5.41) is 17.8. The molecule has 0 bridgehead atoms. The predicted octanol–water partition coefficient (Wildman–Crippen LogP) is 6.80. The van der Waals surface area contributed by atoms with Gasteiger partial charge in [-0.2, -0.15) is 36.4 Å². The van der Waals surface area contributed by atoms with Crippen LogP contribution in [0.4, 0.5) is 0 Å². The molecule has 0 aliphatic rings. The molecular weight excluding hydrogens is 641 g/mol. The molecule has 0 heterocycles. The Morgan fingerprint density at radius 2 is 0.815 bits per heavy atom. The van der Waals surface area contributed by atoms with E-state index in [-0.39, 0.29) is 26.2 Å². The number of hydrogen-bond acceptors (Lipinski definition) is 2. The Morgan fingerprint density at radius 1 is 0.519 bits per heavy atom. The second-order valence-corrected chi connectivity index (χ2v) is 7.15. The number of phenols is 2.